The van der Waals surface area contributed by atoms with E-state index in [2.05, 4.69) is 4.98 Å². The number of carbonyl (C=O) groups excluding carboxylic acids is 2. The van der Waals surface area contributed by atoms with E-state index in [1.807, 2.05) is 50.5 Å². The third-order valence-corrected chi connectivity index (χ3v) is 5.32. The van der Waals surface area contributed by atoms with E-state index < -0.39 is 0 Å². The summed E-state index contributed by atoms with van der Waals surface area (Å²) in [4.78, 5) is 33.0. The van der Waals surface area contributed by atoms with Gasteiger partial charge in [-0.15, -0.1) is 0 Å². The van der Waals surface area contributed by atoms with Crippen LogP contribution < -0.4 is 4.74 Å². The normalized spacial score (nSPS) is 16.8. The SMILES string of the molecule is COc1ccccc1CN1C[C@H](C(=O)N(C)Cc2ccncc2C)CCC1=O. The molecule has 1 aliphatic heterocycles. The van der Waals surface area contributed by atoms with Gasteiger partial charge in [0.1, 0.15) is 5.75 Å². The summed E-state index contributed by atoms with van der Waals surface area (Å²) in [5.41, 5.74) is 3.11. The minimum absolute atomic E-state index is 0.0775. The fourth-order valence-corrected chi connectivity index (χ4v) is 3.63. The third-order valence-electron chi connectivity index (χ3n) is 5.32. The number of amides is 2. The topological polar surface area (TPSA) is 62.7 Å². The predicted octanol–water partition coefficient (Wildman–Crippen LogP) is 2.80. The molecule has 0 saturated carbocycles. The number of methoxy groups -OCH3 is 1. The number of rotatable bonds is 6. The Bertz CT molecular complexity index is 852. The van der Waals surface area contributed by atoms with Crippen molar-refractivity contribution in [3.05, 3.63) is 59.4 Å². The summed E-state index contributed by atoms with van der Waals surface area (Å²) < 4.78 is 5.39. The fraction of sp³-hybridized carbons (Fsp3) is 0.409. The first kappa shape index (κ1) is 19.9. The number of pyridine rings is 1. The predicted molar refractivity (Wildman–Crippen MR) is 107 cm³/mol. The van der Waals surface area contributed by atoms with Crippen molar-refractivity contribution in [3.63, 3.8) is 0 Å². The van der Waals surface area contributed by atoms with Gasteiger partial charge in [-0.2, -0.15) is 0 Å². The number of nitrogens with zero attached hydrogens (tertiary/aromatic N) is 3. The van der Waals surface area contributed by atoms with Crippen molar-refractivity contribution in [3.8, 4) is 5.75 Å². The van der Waals surface area contributed by atoms with Gasteiger partial charge in [0, 0.05) is 51.1 Å². The molecule has 0 spiro atoms. The van der Waals surface area contributed by atoms with Gasteiger partial charge in [-0.05, 0) is 36.6 Å². The van der Waals surface area contributed by atoms with Gasteiger partial charge < -0.3 is 14.5 Å². The molecular weight excluding hydrogens is 354 g/mol. The van der Waals surface area contributed by atoms with E-state index in [1.165, 1.54) is 0 Å². The summed E-state index contributed by atoms with van der Waals surface area (Å²) in [7, 11) is 3.45. The van der Waals surface area contributed by atoms with Crippen LogP contribution in [0.4, 0.5) is 0 Å². The van der Waals surface area contributed by atoms with Gasteiger partial charge in [0.15, 0.2) is 0 Å². The lowest BCUT2D eigenvalue weighted by atomic mass is 9.95. The third kappa shape index (κ3) is 4.50. The maximum absolute atomic E-state index is 13.0. The summed E-state index contributed by atoms with van der Waals surface area (Å²) in [5.74, 6) is 0.741. The number of likely N-dealkylation sites (tertiary alicyclic amines) is 1. The average Bonchev–Trinajstić information content (AvgIpc) is 2.71. The highest BCUT2D eigenvalue weighted by molar-refractivity contribution is 5.83. The minimum Gasteiger partial charge on any atom is -0.496 e. The van der Waals surface area contributed by atoms with Crippen LogP contribution in [0.3, 0.4) is 0 Å². The van der Waals surface area contributed by atoms with Crippen molar-refractivity contribution in [1.29, 1.82) is 0 Å². The molecule has 1 fully saturated rings. The zero-order chi connectivity index (χ0) is 20.1. The Morgan fingerprint density at radius 2 is 2.07 bits per heavy atom. The van der Waals surface area contributed by atoms with Crippen molar-refractivity contribution >= 4 is 11.8 Å². The zero-order valence-corrected chi connectivity index (χ0v) is 16.7. The van der Waals surface area contributed by atoms with E-state index in [1.54, 1.807) is 23.1 Å². The van der Waals surface area contributed by atoms with Gasteiger partial charge in [0.2, 0.25) is 11.8 Å². The van der Waals surface area contributed by atoms with Crippen LogP contribution >= 0.6 is 0 Å². The van der Waals surface area contributed by atoms with Gasteiger partial charge in [0.05, 0.1) is 13.0 Å². The molecule has 1 aromatic heterocycles. The van der Waals surface area contributed by atoms with Crippen LogP contribution in [0.1, 0.15) is 29.5 Å². The summed E-state index contributed by atoms with van der Waals surface area (Å²) in [5, 5.41) is 0. The fourth-order valence-electron chi connectivity index (χ4n) is 3.63. The molecule has 0 bridgehead atoms. The molecule has 0 unspecified atom stereocenters. The second-order valence-electron chi connectivity index (χ2n) is 7.32. The van der Waals surface area contributed by atoms with E-state index in [4.69, 9.17) is 4.74 Å². The van der Waals surface area contributed by atoms with Crippen molar-refractivity contribution < 1.29 is 14.3 Å². The summed E-state index contributed by atoms with van der Waals surface area (Å²) in [6.45, 7) is 3.44. The van der Waals surface area contributed by atoms with Gasteiger partial charge in [-0.3, -0.25) is 14.6 Å². The number of carbonyl (C=O) groups is 2. The van der Waals surface area contributed by atoms with E-state index in [0.717, 1.165) is 22.4 Å². The number of ether oxygens (including phenoxy) is 1. The maximum Gasteiger partial charge on any atom is 0.227 e. The molecule has 1 aromatic carbocycles. The molecule has 3 rings (SSSR count). The van der Waals surface area contributed by atoms with E-state index >= 15 is 0 Å². The Hall–Kier alpha value is -2.89. The molecule has 2 aromatic rings. The monoisotopic (exact) mass is 381 g/mol. The minimum atomic E-state index is -0.181. The van der Waals surface area contributed by atoms with Crippen molar-refractivity contribution in [2.24, 2.45) is 5.92 Å². The Balaban J connectivity index is 1.67. The lowest BCUT2D eigenvalue weighted by Gasteiger charge is -2.34. The highest BCUT2D eigenvalue weighted by atomic mass is 16.5. The molecule has 0 aliphatic carbocycles. The van der Waals surface area contributed by atoms with Crippen LogP contribution in [0.25, 0.3) is 0 Å². The van der Waals surface area contributed by atoms with Crippen LogP contribution in [0.2, 0.25) is 0 Å². The summed E-state index contributed by atoms with van der Waals surface area (Å²) >= 11 is 0. The molecule has 148 valence electrons. The molecule has 2 heterocycles. The van der Waals surface area contributed by atoms with E-state index in [9.17, 15) is 9.59 Å². The van der Waals surface area contributed by atoms with Crippen LogP contribution in [-0.2, 0) is 22.7 Å². The molecule has 2 amide bonds. The van der Waals surface area contributed by atoms with Crippen LogP contribution in [0.15, 0.2) is 42.7 Å². The number of aryl methyl sites for hydroxylation is 1. The largest absolute Gasteiger partial charge is 0.496 e. The Labute approximate surface area is 166 Å². The Morgan fingerprint density at radius 3 is 2.82 bits per heavy atom. The number of hydrogen-bond donors (Lipinski definition) is 0. The molecule has 0 N–H and O–H groups in total. The molecule has 0 radical (unpaired) electrons. The van der Waals surface area contributed by atoms with Gasteiger partial charge in [-0.25, -0.2) is 0 Å². The molecule has 1 atom stereocenters. The first-order valence-corrected chi connectivity index (χ1v) is 9.53. The Kier molecular flexibility index (Phi) is 6.29. The van der Waals surface area contributed by atoms with Gasteiger partial charge in [-0.1, -0.05) is 18.2 Å². The second kappa shape index (κ2) is 8.87. The van der Waals surface area contributed by atoms with Gasteiger partial charge in [0.25, 0.3) is 0 Å². The molecule has 1 saturated heterocycles. The maximum atomic E-state index is 13.0. The van der Waals surface area contributed by atoms with E-state index in [0.29, 0.717) is 32.5 Å². The average molecular weight is 381 g/mol. The molecule has 1 aliphatic rings. The van der Waals surface area contributed by atoms with E-state index in [-0.39, 0.29) is 17.7 Å². The van der Waals surface area contributed by atoms with Crippen LogP contribution in [0, 0.1) is 12.8 Å². The standard InChI is InChI=1S/C22H27N3O3/c1-16-12-23-11-10-17(16)13-24(2)22(27)19-8-9-21(26)25(15-19)14-18-6-4-5-7-20(18)28-3/h4-7,10-12,19H,8-9,13-15H2,1-3H3/t19-/m1/s1. The highest BCUT2D eigenvalue weighted by Gasteiger charge is 2.32. The van der Waals surface area contributed by atoms with Crippen LogP contribution in [0.5, 0.6) is 5.75 Å². The first-order chi connectivity index (χ1) is 13.5. The number of benzene rings is 1. The van der Waals surface area contributed by atoms with Crippen LogP contribution in [-0.4, -0.2) is 47.3 Å². The van der Waals surface area contributed by atoms with Crippen molar-refractivity contribution in [2.75, 3.05) is 20.7 Å². The number of piperidine rings is 1. The number of para-hydroxylation sites is 1. The lowest BCUT2D eigenvalue weighted by molar-refractivity contribution is -0.143. The zero-order valence-electron chi connectivity index (χ0n) is 16.7. The quantitative estimate of drug-likeness (QED) is 0.772. The smallest absolute Gasteiger partial charge is 0.227 e. The van der Waals surface area contributed by atoms with Crippen molar-refractivity contribution in [2.45, 2.75) is 32.9 Å². The van der Waals surface area contributed by atoms with Gasteiger partial charge >= 0.3 is 0 Å². The number of hydrogen-bond acceptors (Lipinski definition) is 4. The molecule has 28 heavy (non-hydrogen) atoms. The Morgan fingerprint density at radius 1 is 1.29 bits per heavy atom. The summed E-state index contributed by atoms with van der Waals surface area (Å²) in [6, 6.07) is 9.62. The lowest BCUT2D eigenvalue weighted by Crippen LogP contribution is -2.45. The highest BCUT2D eigenvalue weighted by Crippen LogP contribution is 2.25. The second-order valence-corrected chi connectivity index (χ2v) is 7.32. The van der Waals surface area contributed by atoms with Crippen molar-refractivity contribution in [1.82, 2.24) is 14.8 Å². The summed E-state index contributed by atoms with van der Waals surface area (Å²) in [6.07, 6.45) is 4.55. The molecule has 6 heteroatoms. The molecule has 6 nitrogen and oxygen atoms in total. The number of aromatic nitrogens is 1. The molecular formula is C22H27N3O3. The first-order valence-electron chi connectivity index (χ1n) is 9.53.